The molecule has 1 aliphatic carbocycles. The predicted octanol–water partition coefficient (Wildman–Crippen LogP) is 4.02. The second kappa shape index (κ2) is 10.7. The molecular weight excluding hydrogens is 543 g/mol. The molecule has 2 N–H and O–H groups in total. The lowest BCUT2D eigenvalue weighted by Gasteiger charge is -2.49. The summed E-state index contributed by atoms with van der Waals surface area (Å²) >= 11 is 12.9. The lowest BCUT2D eigenvalue weighted by atomic mass is 9.76. The fraction of sp³-hybridized carbons (Fsp3) is 0.417. The van der Waals surface area contributed by atoms with E-state index in [1.54, 1.807) is 24.3 Å². The maximum atomic E-state index is 14.1. The number of halogens is 2. The molecule has 37 heavy (non-hydrogen) atoms. The van der Waals surface area contributed by atoms with E-state index in [1.807, 2.05) is 0 Å². The largest absolute Gasteiger partial charge is 0.496 e. The average Bonchev–Trinajstić information content (AvgIpc) is 2.87. The number of hydrazine groups is 1. The summed E-state index contributed by atoms with van der Waals surface area (Å²) in [5.74, 6) is 3.58. The van der Waals surface area contributed by atoms with Gasteiger partial charge in [-0.1, -0.05) is 54.2 Å². The number of nitrogens with two attached hydrogens (primary N) is 1. The van der Waals surface area contributed by atoms with Crippen LogP contribution in [0, 0.1) is 4.91 Å². The first-order chi connectivity index (χ1) is 17.5. The summed E-state index contributed by atoms with van der Waals surface area (Å²) in [4.78, 5) is 40.4. The summed E-state index contributed by atoms with van der Waals surface area (Å²) in [6.45, 7) is 0. The molecule has 0 unspecified atom stereocenters. The lowest BCUT2D eigenvalue weighted by molar-refractivity contribution is -0.121. The van der Waals surface area contributed by atoms with Crippen LogP contribution in [0.4, 0.5) is 0 Å². The molecular formula is C24H26Cl2N4O6S. The summed E-state index contributed by atoms with van der Waals surface area (Å²) in [7, 11) is -2.44. The van der Waals surface area contributed by atoms with Gasteiger partial charge < -0.3 is 9.64 Å². The average molecular weight is 569 g/mol. The zero-order chi connectivity index (χ0) is 27.1. The Labute approximate surface area is 224 Å². The van der Waals surface area contributed by atoms with Crippen LogP contribution in [0.1, 0.15) is 59.1 Å². The predicted molar refractivity (Wildman–Crippen MR) is 139 cm³/mol. The van der Waals surface area contributed by atoms with E-state index in [0.29, 0.717) is 31.2 Å². The van der Waals surface area contributed by atoms with Crippen LogP contribution < -0.4 is 10.6 Å². The topological polar surface area (TPSA) is 139 Å². The third-order valence-electron chi connectivity index (χ3n) is 7.07. The molecule has 2 aliphatic rings. The van der Waals surface area contributed by atoms with Gasteiger partial charge in [-0.2, -0.15) is 0 Å². The number of hydrogen-bond donors (Lipinski definition) is 1. The minimum Gasteiger partial charge on any atom is -0.496 e. The first-order valence-electron chi connectivity index (χ1n) is 11.6. The van der Waals surface area contributed by atoms with Gasteiger partial charge in [0.05, 0.1) is 42.4 Å². The minimum absolute atomic E-state index is 0.107. The molecule has 0 radical (unpaired) electrons. The van der Waals surface area contributed by atoms with Gasteiger partial charge in [0, 0.05) is 21.3 Å². The van der Waals surface area contributed by atoms with E-state index >= 15 is 0 Å². The van der Waals surface area contributed by atoms with Crippen molar-refractivity contribution in [2.45, 2.75) is 49.7 Å². The molecule has 0 bridgehead atoms. The van der Waals surface area contributed by atoms with Gasteiger partial charge in [0.15, 0.2) is 0 Å². The van der Waals surface area contributed by atoms with Gasteiger partial charge in [-0.05, 0) is 36.6 Å². The fourth-order valence-electron chi connectivity index (χ4n) is 5.52. The molecule has 2 aromatic rings. The van der Waals surface area contributed by atoms with Crippen molar-refractivity contribution in [3.8, 4) is 5.75 Å². The molecule has 4 atom stereocenters. The fourth-order valence-corrected chi connectivity index (χ4v) is 6.85. The van der Waals surface area contributed by atoms with Gasteiger partial charge in [0.25, 0.3) is 11.8 Å². The Balaban J connectivity index is 2.03. The van der Waals surface area contributed by atoms with Gasteiger partial charge in [0.1, 0.15) is 5.75 Å². The molecule has 1 heterocycles. The highest BCUT2D eigenvalue weighted by atomic mass is 35.5. The van der Waals surface area contributed by atoms with Crippen molar-refractivity contribution >= 4 is 45.0 Å². The highest BCUT2D eigenvalue weighted by Crippen LogP contribution is 2.51. The standard InChI is InChI=1S/C24H26Cl2N4O6S/c1-36-19-12-13(25)11-16(26)21(19)22-20(23(31)28-33)14-7-3-4-8-15(14)24(32)29(22)17-9-5-6-10-18(17)30(27)37(2,34)35/h3-4,7-8,11-12,17-18,20,22H,5-6,9-10,27H2,1-2H3/t17-,18-,20-,22-/m1/s1. The zero-order valence-electron chi connectivity index (χ0n) is 20.1. The SMILES string of the molecule is COc1cc(Cl)cc(Cl)c1[C@H]1[C@H](C(=O)N=O)c2ccccc2C(=O)N1[C@@H]1CCCC[C@H]1N(N)S(C)(=O)=O. The van der Waals surface area contributed by atoms with Crippen LogP contribution in [0.15, 0.2) is 41.6 Å². The summed E-state index contributed by atoms with van der Waals surface area (Å²) in [6, 6.07) is 6.72. The Kier molecular flexibility index (Phi) is 7.91. The number of carbonyl (C=O) groups is 2. The van der Waals surface area contributed by atoms with E-state index in [-0.39, 0.29) is 26.9 Å². The molecule has 10 nitrogen and oxygen atoms in total. The highest BCUT2D eigenvalue weighted by molar-refractivity contribution is 7.88. The third-order valence-corrected chi connectivity index (χ3v) is 8.63. The molecule has 1 saturated carbocycles. The highest BCUT2D eigenvalue weighted by Gasteiger charge is 2.51. The van der Waals surface area contributed by atoms with Gasteiger partial charge in [0.2, 0.25) is 10.0 Å². The number of nitroso groups, excluding NO2 is 1. The number of rotatable bonds is 6. The first-order valence-corrected chi connectivity index (χ1v) is 14.2. The number of amides is 2. The number of methoxy groups -OCH3 is 1. The van der Waals surface area contributed by atoms with Crippen molar-refractivity contribution in [2.75, 3.05) is 13.4 Å². The maximum Gasteiger partial charge on any atom is 0.296 e. The van der Waals surface area contributed by atoms with Crippen molar-refractivity contribution in [1.82, 2.24) is 9.31 Å². The van der Waals surface area contributed by atoms with Crippen LogP contribution in [0.2, 0.25) is 10.0 Å². The van der Waals surface area contributed by atoms with E-state index in [9.17, 15) is 22.9 Å². The van der Waals surface area contributed by atoms with Crippen molar-refractivity contribution < 1.29 is 22.7 Å². The lowest BCUT2D eigenvalue weighted by Crippen LogP contribution is -2.61. The van der Waals surface area contributed by atoms with Gasteiger partial charge in [-0.15, -0.1) is 9.32 Å². The second-order valence-corrected chi connectivity index (χ2v) is 11.9. The number of benzene rings is 2. The number of hydrogen-bond acceptors (Lipinski definition) is 7. The van der Waals surface area contributed by atoms with E-state index < -0.39 is 45.9 Å². The molecule has 0 saturated heterocycles. The molecule has 13 heteroatoms. The maximum absolute atomic E-state index is 14.1. The van der Waals surface area contributed by atoms with E-state index in [0.717, 1.165) is 10.7 Å². The van der Waals surface area contributed by atoms with Crippen LogP contribution in [0.5, 0.6) is 5.75 Å². The van der Waals surface area contributed by atoms with Gasteiger partial charge in [-0.25, -0.2) is 8.42 Å². The third kappa shape index (κ3) is 4.98. The molecule has 2 aromatic carbocycles. The summed E-state index contributed by atoms with van der Waals surface area (Å²) in [5.41, 5.74) is 0.772. The molecule has 1 aliphatic heterocycles. The van der Waals surface area contributed by atoms with E-state index in [2.05, 4.69) is 5.18 Å². The monoisotopic (exact) mass is 568 g/mol. The number of fused-ring (bicyclic) bond motifs is 1. The first kappa shape index (κ1) is 27.5. The van der Waals surface area contributed by atoms with Gasteiger partial charge in [-0.3, -0.25) is 15.4 Å². The van der Waals surface area contributed by atoms with Crippen molar-refractivity contribution in [3.05, 3.63) is 68.0 Å². The Bertz CT molecular complexity index is 1350. The molecule has 0 spiro atoms. The number of nitrogens with zero attached hydrogens (tertiary/aromatic N) is 3. The van der Waals surface area contributed by atoms with E-state index in [4.69, 9.17) is 33.8 Å². The molecule has 4 rings (SSSR count). The summed E-state index contributed by atoms with van der Waals surface area (Å²) in [6.07, 6.45) is 3.17. The molecule has 2 amide bonds. The Morgan fingerprint density at radius 2 is 1.86 bits per heavy atom. The second-order valence-electron chi connectivity index (χ2n) is 9.17. The molecule has 1 fully saturated rings. The normalized spacial score (nSPS) is 24.1. The van der Waals surface area contributed by atoms with Crippen LogP contribution in [0.25, 0.3) is 0 Å². The Hall–Kier alpha value is -2.57. The van der Waals surface area contributed by atoms with E-state index in [1.165, 1.54) is 24.1 Å². The summed E-state index contributed by atoms with van der Waals surface area (Å²) in [5, 5.41) is 3.09. The Morgan fingerprint density at radius 3 is 2.51 bits per heavy atom. The van der Waals surface area contributed by atoms with Crippen molar-refractivity contribution in [2.24, 2.45) is 11.0 Å². The quantitative estimate of drug-likeness (QED) is 0.315. The summed E-state index contributed by atoms with van der Waals surface area (Å²) < 4.78 is 31.2. The smallest absolute Gasteiger partial charge is 0.296 e. The zero-order valence-corrected chi connectivity index (χ0v) is 22.5. The van der Waals surface area contributed by atoms with Gasteiger partial charge >= 0.3 is 0 Å². The Morgan fingerprint density at radius 1 is 1.19 bits per heavy atom. The number of sulfonamides is 1. The van der Waals surface area contributed by atoms with Crippen molar-refractivity contribution in [3.63, 3.8) is 0 Å². The van der Waals surface area contributed by atoms with Crippen LogP contribution in [0.3, 0.4) is 0 Å². The van der Waals surface area contributed by atoms with Crippen LogP contribution >= 0.6 is 23.2 Å². The number of carbonyl (C=O) groups excluding carboxylic acids is 2. The number of ether oxygens (including phenoxy) is 1. The minimum atomic E-state index is -3.83. The van der Waals surface area contributed by atoms with Crippen LogP contribution in [-0.2, 0) is 14.8 Å². The molecule has 0 aromatic heterocycles. The molecule has 198 valence electrons. The van der Waals surface area contributed by atoms with Crippen LogP contribution in [-0.4, -0.2) is 55.0 Å². The van der Waals surface area contributed by atoms with Crippen molar-refractivity contribution in [1.29, 1.82) is 0 Å².